The van der Waals surface area contributed by atoms with Crippen LogP contribution in [-0.2, 0) is 35.9 Å². The van der Waals surface area contributed by atoms with Crippen molar-refractivity contribution in [1.82, 2.24) is 9.97 Å². The van der Waals surface area contributed by atoms with Crippen molar-refractivity contribution in [2.24, 2.45) is 17.8 Å². The summed E-state index contributed by atoms with van der Waals surface area (Å²) >= 11 is 0. The van der Waals surface area contributed by atoms with Crippen LogP contribution in [0.4, 0.5) is 11.5 Å². The molecule has 0 radical (unpaired) electrons. The van der Waals surface area contributed by atoms with Crippen LogP contribution in [0.25, 0.3) is 10.8 Å². The molecule has 1 saturated carbocycles. The van der Waals surface area contributed by atoms with E-state index < -0.39 is 23.4 Å². The molecule has 4 heterocycles. The highest BCUT2D eigenvalue weighted by Gasteiger charge is 2.54. The fraction of sp³-hybridized carbons (Fsp3) is 0.418. The number of ether oxygens (including phenoxy) is 2. The summed E-state index contributed by atoms with van der Waals surface area (Å²) in [6, 6.07) is 24.5. The molecule has 3 aliphatic rings. The van der Waals surface area contributed by atoms with E-state index in [0.29, 0.717) is 74.8 Å². The van der Waals surface area contributed by atoms with Crippen molar-refractivity contribution in [2.45, 2.75) is 115 Å². The molecule has 11 nitrogen and oxygen atoms in total. The van der Waals surface area contributed by atoms with Crippen molar-refractivity contribution >= 4 is 28.1 Å². The first-order chi connectivity index (χ1) is 32.0. The van der Waals surface area contributed by atoms with Gasteiger partial charge in [-0.2, -0.15) is 0 Å². The van der Waals surface area contributed by atoms with Gasteiger partial charge in [-0.05, 0) is 182 Å². The SMILES string of the molecule is CC(C)CCCOc1cc([C@@H]2CCc3c(ccc4cc(O)ccc34)Nc3cc(ccn3)[C@]3(CCC[C@@H]3Cc3ccc[nH]3)[C@H]([C@H](O)CCc3ccc(O)c4c3CCCO4)C(=O)C2)cc(O)c1O. The van der Waals surface area contributed by atoms with E-state index in [9.17, 15) is 25.5 Å². The Kier molecular flexibility index (Phi) is 13.2. The highest BCUT2D eigenvalue weighted by molar-refractivity contribution is 5.92. The number of phenolic OH excluding ortho intramolecular Hbond substituents is 4. The van der Waals surface area contributed by atoms with E-state index >= 15 is 4.79 Å². The molecule has 0 unspecified atom stereocenters. The van der Waals surface area contributed by atoms with Crippen LogP contribution in [-0.4, -0.2) is 60.6 Å². The molecule has 1 fully saturated rings. The number of anilines is 2. The van der Waals surface area contributed by atoms with Gasteiger partial charge in [-0.25, -0.2) is 4.98 Å². The molecular weight excluding hydrogens is 831 g/mol. The number of nitrogens with one attached hydrogen (secondary N) is 2. The van der Waals surface area contributed by atoms with Crippen LogP contribution >= 0.6 is 0 Å². The Labute approximate surface area is 386 Å². The predicted molar refractivity (Wildman–Crippen MR) is 256 cm³/mol. The van der Waals surface area contributed by atoms with Crippen LogP contribution in [0.3, 0.4) is 0 Å². The second-order valence-corrected chi connectivity index (χ2v) is 19.3. The smallest absolute Gasteiger partial charge is 0.200 e. The first-order valence-electron chi connectivity index (χ1n) is 23.9. The summed E-state index contributed by atoms with van der Waals surface area (Å²) in [6.45, 7) is 5.19. The first kappa shape index (κ1) is 45.0. The summed E-state index contributed by atoms with van der Waals surface area (Å²) in [6.07, 6.45) is 10.9. The Hall–Kier alpha value is -6.20. The Morgan fingerprint density at radius 1 is 0.909 bits per heavy atom. The molecule has 2 aliphatic heterocycles. The maximum Gasteiger partial charge on any atom is 0.200 e. The number of nitrogens with zero attached hydrogens (tertiary/aromatic N) is 1. The second kappa shape index (κ2) is 19.3. The van der Waals surface area contributed by atoms with Gasteiger partial charge in [-0.3, -0.25) is 4.79 Å². The molecule has 0 amide bonds. The zero-order chi connectivity index (χ0) is 46.0. The Morgan fingerprint density at radius 3 is 2.62 bits per heavy atom. The minimum absolute atomic E-state index is 0.0131. The molecular formula is C55H63N3O8. The fourth-order valence-corrected chi connectivity index (χ4v) is 11.6. The highest BCUT2D eigenvalue weighted by atomic mass is 16.5. The van der Waals surface area contributed by atoms with E-state index in [-0.39, 0.29) is 46.9 Å². The summed E-state index contributed by atoms with van der Waals surface area (Å²) in [7, 11) is 0. The Bertz CT molecular complexity index is 2680. The number of aromatic nitrogens is 2. The van der Waals surface area contributed by atoms with Crippen LogP contribution < -0.4 is 14.8 Å². The number of aryl methyl sites for hydroxylation is 2. The molecule has 9 rings (SSSR count). The highest BCUT2D eigenvalue weighted by Crippen LogP contribution is 2.55. The average Bonchev–Trinajstić information content (AvgIpc) is 3.99. The van der Waals surface area contributed by atoms with Crippen molar-refractivity contribution in [3.63, 3.8) is 0 Å². The van der Waals surface area contributed by atoms with E-state index in [2.05, 4.69) is 36.3 Å². The minimum Gasteiger partial charge on any atom is -0.508 e. The number of fused-ring (bicyclic) bond motifs is 7. The summed E-state index contributed by atoms with van der Waals surface area (Å²) in [5, 5.41) is 62.1. The van der Waals surface area contributed by atoms with Crippen LogP contribution in [0, 0.1) is 17.8 Å². The molecule has 2 bridgehead atoms. The number of H-pyrrole nitrogens is 1. The van der Waals surface area contributed by atoms with Gasteiger partial charge < -0.3 is 45.3 Å². The number of phenols is 4. The monoisotopic (exact) mass is 893 g/mol. The van der Waals surface area contributed by atoms with Crippen molar-refractivity contribution in [1.29, 1.82) is 0 Å². The normalized spacial score (nSPS) is 21.3. The lowest BCUT2D eigenvalue weighted by Gasteiger charge is -2.45. The number of rotatable bonds is 12. The number of aromatic amines is 1. The molecule has 1 spiro atoms. The van der Waals surface area contributed by atoms with Gasteiger partial charge in [0.25, 0.3) is 0 Å². The number of carbonyl (C=O) groups excluding carboxylic acids is 1. The van der Waals surface area contributed by atoms with Gasteiger partial charge in [0.05, 0.1) is 25.2 Å². The van der Waals surface area contributed by atoms with Crippen LogP contribution in [0.1, 0.15) is 111 Å². The number of benzene rings is 4. The number of ketones is 1. The molecule has 7 N–H and O–H groups in total. The van der Waals surface area contributed by atoms with Crippen molar-refractivity contribution in [2.75, 3.05) is 18.5 Å². The van der Waals surface area contributed by atoms with Crippen molar-refractivity contribution in [3.8, 4) is 34.5 Å². The Morgan fingerprint density at radius 2 is 1.79 bits per heavy atom. The van der Waals surface area contributed by atoms with Crippen molar-refractivity contribution in [3.05, 3.63) is 125 Å². The van der Waals surface area contributed by atoms with Gasteiger partial charge in [0, 0.05) is 41.2 Å². The average molecular weight is 894 g/mol. The number of pyridine rings is 1. The van der Waals surface area contributed by atoms with Gasteiger partial charge >= 0.3 is 0 Å². The van der Waals surface area contributed by atoms with Gasteiger partial charge in [0.15, 0.2) is 23.0 Å². The molecule has 11 heteroatoms. The predicted octanol–water partition coefficient (Wildman–Crippen LogP) is 10.8. The summed E-state index contributed by atoms with van der Waals surface area (Å²) in [5.74, 6) is 0.0571. The number of aliphatic hydroxyl groups is 1. The largest absolute Gasteiger partial charge is 0.508 e. The zero-order valence-electron chi connectivity index (χ0n) is 38.1. The van der Waals surface area contributed by atoms with Crippen molar-refractivity contribution < 1.29 is 39.8 Å². The molecule has 346 valence electrons. The number of Topliss-reactive ketones (excluding diaryl/α,β-unsaturated/α-hetero) is 1. The minimum atomic E-state index is -1.05. The van der Waals surface area contributed by atoms with E-state index in [1.54, 1.807) is 30.3 Å². The number of aliphatic hydroxyl groups excluding tert-OH is 1. The second-order valence-electron chi connectivity index (χ2n) is 19.3. The topological polar surface area (TPSA) is 177 Å². The van der Waals surface area contributed by atoms with Gasteiger partial charge in [0.1, 0.15) is 17.4 Å². The lowest BCUT2D eigenvalue weighted by Crippen LogP contribution is -2.50. The Balaban J connectivity index is 1.19. The number of aromatic hydroxyl groups is 4. The number of carbonyl (C=O) groups is 1. The third-order valence-electron chi connectivity index (χ3n) is 14.7. The van der Waals surface area contributed by atoms with Crippen LogP contribution in [0.2, 0.25) is 0 Å². The zero-order valence-corrected chi connectivity index (χ0v) is 38.1. The van der Waals surface area contributed by atoms with Crippen LogP contribution in [0.5, 0.6) is 34.5 Å². The summed E-state index contributed by atoms with van der Waals surface area (Å²) in [5.41, 5.74) is 5.68. The lowest BCUT2D eigenvalue weighted by molar-refractivity contribution is -0.132. The number of hydrogen-bond acceptors (Lipinski definition) is 10. The summed E-state index contributed by atoms with van der Waals surface area (Å²) in [4.78, 5) is 24.3. The standard InChI is InChI=1S/C55H63N3O8/c1-33(2)7-5-25-65-50-30-37(29-49(63)53(50)64)35-11-16-44-42-17-15-41(59)27-36(42)12-18-45(44)58-51-32-39(21-24-57-51)55(22-3-8-38(55)31-40-9-4-23-56-40)52(48(62)28-35)46(60)19-13-34-14-20-47(61)54-43(34)10-6-26-66-54/h4,9,12,14-15,17-18,20-21,23-24,27,29-30,32-33,35,38,46,52,56,59-61,63-64H,3,5-8,10-11,13,16,19,22,25-26,28,31H2,1-2H3,(H,57,58)/t35-,38-,46-,52-,55-/m1/s1. The third kappa shape index (κ3) is 9.14. The van der Waals surface area contributed by atoms with Crippen LogP contribution in [0.15, 0.2) is 91.3 Å². The molecule has 4 aromatic carbocycles. The first-order valence-corrected chi connectivity index (χ1v) is 23.9. The quantitative estimate of drug-likeness (QED) is 0.0462. The molecule has 2 aromatic heterocycles. The van der Waals surface area contributed by atoms with E-state index in [0.717, 1.165) is 82.9 Å². The lowest BCUT2D eigenvalue weighted by atomic mass is 9.58. The fourth-order valence-electron chi connectivity index (χ4n) is 11.6. The van der Waals surface area contributed by atoms with E-state index in [4.69, 9.17) is 14.5 Å². The maximum atomic E-state index is 16.0. The van der Waals surface area contributed by atoms with Gasteiger partial charge in [-0.1, -0.05) is 38.5 Å². The third-order valence-corrected chi connectivity index (χ3v) is 14.7. The summed E-state index contributed by atoms with van der Waals surface area (Å²) < 4.78 is 12.1. The number of hydrogen-bond donors (Lipinski definition) is 7. The van der Waals surface area contributed by atoms with E-state index in [1.165, 1.54) is 0 Å². The van der Waals surface area contributed by atoms with Gasteiger partial charge in [0.2, 0.25) is 5.75 Å². The molecule has 6 aromatic rings. The molecule has 66 heavy (non-hydrogen) atoms. The van der Waals surface area contributed by atoms with E-state index in [1.807, 2.05) is 48.8 Å². The van der Waals surface area contributed by atoms with Gasteiger partial charge in [-0.15, -0.1) is 0 Å². The maximum absolute atomic E-state index is 16.0. The molecule has 5 atom stereocenters. The molecule has 1 aliphatic carbocycles. The molecule has 0 saturated heterocycles.